The first kappa shape index (κ1) is 23.6. The smallest absolute Gasteiger partial charge is 0.284 e. The molecule has 2 aromatic rings. The van der Waals surface area contributed by atoms with Crippen LogP contribution in [0.1, 0.15) is 81.0 Å². The van der Waals surface area contributed by atoms with Crippen molar-refractivity contribution in [3.63, 3.8) is 0 Å². The quantitative estimate of drug-likeness (QED) is 0.561. The van der Waals surface area contributed by atoms with Gasteiger partial charge in [0, 0.05) is 23.3 Å². The highest BCUT2D eigenvalue weighted by Crippen LogP contribution is 2.57. The van der Waals surface area contributed by atoms with E-state index in [2.05, 4.69) is 5.32 Å². The van der Waals surface area contributed by atoms with Gasteiger partial charge in [0.15, 0.2) is 0 Å². The zero-order valence-corrected chi connectivity index (χ0v) is 21.5. The van der Waals surface area contributed by atoms with Crippen molar-refractivity contribution >= 4 is 29.1 Å². The van der Waals surface area contributed by atoms with E-state index in [1.54, 1.807) is 24.4 Å². The Labute approximate surface area is 215 Å². The van der Waals surface area contributed by atoms with Gasteiger partial charge >= 0.3 is 0 Å². The van der Waals surface area contributed by atoms with Gasteiger partial charge in [0.05, 0.1) is 16.3 Å². The van der Waals surface area contributed by atoms with Crippen LogP contribution in [0.5, 0.6) is 0 Å². The van der Waals surface area contributed by atoms with Gasteiger partial charge in [0.1, 0.15) is 5.56 Å². The summed E-state index contributed by atoms with van der Waals surface area (Å²) in [4.78, 5) is 27.3. The predicted molar refractivity (Wildman–Crippen MR) is 136 cm³/mol. The first-order chi connectivity index (χ1) is 16.7. The fourth-order valence-corrected chi connectivity index (χ4v) is 8.48. The molecule has 7 rings (SSSR count). The molecule has 35 heavy (non-hydrogen) atoms. The van der Waals surface area contributed by atoms with Crippen LogP contribution in [0.2, 0.25) is 10.0 Å². The summed E-state index contributed by atoms with van der Waals surface area (Å²) in [5, 5.41) is 15.2. The second-order valence-electron chi connectivity index (χ2n) is 11.8. The summed E-state index contributed by atoms with van der Waals surface area (Å²) in [5.41, 5.74) is -0.807. The number of benzene rings is 1. The van der Waals surface area contributed by atoms with E-state index in [-0.39, 0.29) is 17.0 Å². The van der Waals surface area contributed by atoms with Gasteiger partial charge < -0.3 is 10.4 Å². The highest BCUT2D eigenvalue weighted by atomic mass is 35.5. The van der Waals surface area contributed by atoms with Crippen molar-refractivity contribution in [1.82, 2.24) is 14.7 Å². The van der Waals surface area contributed by atoms with Gasteiger partial charge in [-0.15, -0.1) is 0 Å². The minimum absolute atomic E-state index is 0.134. The fraction of sp³-hybridized carbons (Fsp3) is 0.630. The Kier molecular flexibility index (Phi) is 5.85. The van der Waals surface area contributed by atoms with Crippen LogP contribution in [0.25, 0.3) is 5.69 Å². The molecule has 1 heterocycles. The number of carbonyl (C=O) groups excluding carboxylic acids is 1. The van der Waals surface area contributed by atoms with Crippen molar-refractivity contribution < 1.29 is 9.90 Å². The van der Waals surface area contributed by atoms with Crippen molar-refractivity contribution in [3.8, 4) is 5.69 Å². The molecule has 4 bridgehead atoms. The Morgan fingerprint density at radius 2 is 1.80 bits per heavy atom. The lowest BCUT2D eigenvalue weighted by molar-refractivity contribution is -0.139. The van der Waals surface area contributed by atoms with Crippen LogP contribution in [0.15, 0.2) is 29.2 Å². The maximum atomic E-state index is 13.7. The molecule has 0 saturated heterocycles. The lowest BCUT2D eigenvalue weighted by atomic mass is 9.51. The van der Waals surface area contributed by atoms with Gasteiger partial charge in [-0.2, -0.15) is 0 Å². The predicted octanol–water partition coefficient (Wildman–Crippen LogP) is 5.34. The lowest BCUT2D eigenvalue weighted by Gasteiger charge is -2.60. The molecular formula is C27H33Cl2N3O3. The zero-order chi connectivity index (χ0) is 24.4. The van der Waals surface area contributed by atoms with Crippen LogP contribution in [-0.4, -0.2) is 31.5 Å². The van der Waals surface area contributed by atoms with Gasteiger partial charge in [-0.05, 0) is 87.3 Å². The number of amides is 1. The average Bonchev–Trinajstić information content (AvgIpc) is 3.08. The van der Waals surface area contributed by atoms with Crippen molar-refractivity contribution in [1.29, 1.82) is 0 Å². The molecule has 1 aromatic heterocycles. The van der Waals surface area contributed by atoms with Crippen molar-refractivity contribution in [2.24, 2.45) is 17.8 Å². The number of hydrogen-bond donors (Lipinski definition) is 2. The number of nitrogens with one attached hydrogen (secondary N) is 1. The van der Waals surface area contributed by atoms with Gasteiger partial charge in [-0.25, -0.2) is 4.68 Å². The molecule has 5 fully saturated rings. The first-order valence-corrected chi connectivity index (χ1v) is 13.8. The summed E-state index contributed by atoms with van der Waals surface area (Å²) in [6.07, 6.45) is 12.7. The third kappa shape index (κ3) is 4.36. The molecule has 1 amide bonds. The second-order valence-corrected chi connectivity index (χ2v) is 12.6. The van der Waals surface area contributed by atoms with E-state index in [1.807, 2.05) is 4.68 Å². The molecule has 2 unspecified atom stereocenters. The van der Waals surface area contributed by atoms with E-state index < -0.39 is 11.1 Å². The first-order valence-electron chi connectivity index (χ1n) is 13.1. The highest BCUT2D eigenvalue weighted by molar-refractivity contribution is 6.35. The summed E-state index contributed by atoms with van der Waals surface area (Å²) in [6, 6.07) is 5.07. The Bertz CT molecular complexity index is 1200. The van der Waals surface area contributed by atoms with Crippen LogP contribution in [0, 0.1) is 17.8 Å². The lowest BCUT2D eigenvalue weighted by Crippen LogP contribution is -2.65. The number of aliphatic hydroxyl groups is 1. The molecule has 0 spiro atoms. The molecule has 5 saturated carbocycles. The second kappa shape index (κ2) is 8.67. The van der Waals surface area contributed by atoms with Gasteiger partial charge in [-0.3, -0.25) is 14.3 Å². The van der Waals surface area contributed by atoms with Crippen LogP contribution < -0.4 is 10.9 Å². The zero-order valence-electron chi connectivity index (χ0n) is 19.9. The fourth-order valence-electron chi connectivity index (χ4n) is 7.99. The molecule has 0 aliphatic heterocycles. The van der Waals surface area contributed by atoms with Crippen LogP contribution in [0.4, 0.5) is 0 Å². The van der Waals surface area contributed by atoms with Crippen LogP contribution in [-0.2, 0) is 6.54 Å². The van der Waals surface area contributed by atoms with Gasteiger partial charge in [-0.1, -0.05) is 42.5 Å². The minimum Gasteiger partial charge on any atom is -0.390 e. The standard InChI is InChI=1S/C27H33Cl2N3O3/c28-20-6-7-23(22(29)9-20)32-25(34)21(15-31(32)14-17-4-2-1-3-5-17)24(33)30-26-10-18-8-19(11-26)13-27(35,12-18)16-26/h6-7,9,15,17-19,35H,1-5,8,10-14,16H2,(H,30,33). The van der Waals surface area contributed by atoms with E-state index in [0.717, 1.165) is 44.9 Å². The Morgan fingerprint density at radius 1 is 1.09 bits per heavy atom. The van der Waals surface area contributed by atoms with E-state index in [9.17, 15) is 14.7 Å². The molecule has 6 nitrogen and oxygen atoms in total. The molecule has 5 aliphatic rings. The summed E-state index contributed by atoms with van der Waals surface area (Å²) >= 11 is 12.6. The molecule has 1 aromatic carbocycles. The molecule has 5 aliphatic carbocycles. The Balaban J connectivity index is 1.35. The maximum Gasteiger partial charge on any atom is 0.284 e. The van der Waals surface area contributed by atoms with Crippen molar-refractivity contribution in [2.75, 3.05) is 0 Å². The summed E-state index contributed by atoms with van der Waals surface area (Å²) in [7, 11) is 0. The van der Waals surface area contributed by atoms with E-state index in [4.69, 9.17) is 23.2 Å². The molecule has 2 N–H and O–H groups in total. The van der Waals surface area contributed by atoms with Crippen molar-refractivity contribution in [2.45, 2.75) is 88.3 Å². The number of nitrogens with zero attached hydrogens (tertiary/aromatic N) is 2. The molecule has 0 radical (unpaired) electrons. The van der Waals surface area contributed by atoms with E-state index >= 15 is 0 Å². The molecule has 2 atom stereocenters. The Hall–Kier alpha value is -1.76. The summed E-state index contributed by atoms with van der Waals surface area (Å²) in [5.74, 6) is 1.01. The third-order valence-electron chi connectivity index (χ3n) is 8.92. The van der Waals surface area contributed by atoms with Crippen LogP contribution in [0.3, 0.4) is 0 Å². The normalized spacial score (nSPS) is 32.2. The minimum atomic E-state index is -0.679. The Morgan fingerprint density at radius 3 is 2.46 bits per heavy atom. The topological polar surface area (TPSA) is 76.3 Å². The van der Waals surface area contributed by atoms with Gasteiger partial charge in [0.2, 0.25) is 0 Å². The van der Waals surface area contributed by atoms with E-state index in [1.165, 1.54) is 23.9 Å². The summed E-state index contributed by atoms with van der Waals surface area (Å²) in [6.45, 7) is 0.663. The summed E-state index contributed by atoms with van der Waals surface area (Å²) < 4.78 is 3.41. The number of carbonyl (C=O) groups is 1. The van der Waals surface area contributed by atoms with Gasteiger partial charge in [0.25, 0.3) is 11.5 Å². The molecule has 188 valence electrons. The highest BCUT2D eigenvalue weighted by Gasteiger charge is 2.57. The maximum absolute atomic E-state index is 13.7. The number of aromatic nitrogens is 2. The largest absolute Gasteiger partial charge is 0.390 e. The number of halogens is 2. The monoisotopic (exact) mass is 517 g/mol. The van der Waals surface area contributed by atoms with Crippen LogP contribution >= 0.6 is 23.2 Å². The van der Waals surface area contributed by atoms with E-state index in [0.29, 0.717) is 46.5 Å². The number of hydrogen-bond acceptors (Lipinski definition) is 3. The third-order valence-corrected chi connectivity index (χ3v) is 9.46. The SMILES string of the molecule is O=C(NC12CC3CC(CC(O)(C3)C1)C2)c1cn(CC2CCCCC2)n(-c2ccc(Cl)cc2Cl)c1=O. The molecule has 8 heteroatoms. The number of rotatable bonds is 5. The van der Waals surface area contributed by atoms with Crippen molar-refractivity contribution in [3.05, 3.63) is 50.4 Å². The average molecular weight is 518 g/mol. The molecular weight excluding hydrogens is 485 g/mol.